The van der Waals surface area contributed by atoms with Crippen molar-refractivity contribution >= 4 is 44.5 Å². The van der Waals surface area contributed by atoms with Crippen molar-refractivity contribution < 1.29 is 9.18 Å². The fraction of sp³-hybridized carbons (Fsp3) is 0.250. The summed E-state index contributed by atoms with van der Waals surface area (Å²) in [6, 6.07) is 11.7. The molecule has 5 nitrogen and oxygen atoms in total. The summed E-state index contributed by atoms with van der Waals surface area (Å²) in [5, 5.41) is 3.74. The Labute approximate surface area is 174 Å². The predicted octanol–water partition coefficient (Wildman–Crippen LogP) is 4.12. The lowest BCUT2D eigenvalue weighted by Gasteiger charge is -2.12. The molecule has 146 valence electrons. The van der Waals surface area contributed by atoms with Gasteiger partial charge in [0.25, 0.3) is 5.56 Å². The number of nitrogens with zero attached hydrogens (tertiary/aromatic N) is 2. The molecule has 2 aromatic carbocycles. The number of amides is 1. The van der Waals surface area contributed by atoms with Crippen LogP contribution in [0.15, 0.2) is 56.9 Å². The number of nitrogens with one attached hydrogen (secondary N) is 1. The number of aromatic nitrogens is 2. The molecule has 3 rings (SSSR count). The molecule has 1 aromatic heterocycles. The highest BCUT2D eigenvalue weighted by atomic mass is 79.9. The van der Waals surface area contributed by atoms with Crippen molar-refractivity contribution in [3.05, 3.63) is 68.7 Å². The monoisotopic (exact) mass is 463 g/mol. The number of rotatable bonds is 7. The first-order valence-electron chi connectivity index (χ1n) is 8.82. The first kappa shape index (κ1) is 20.5. The van der Waals surface area contributed by atoms with Gasteiger partial charge in [-0.15, -0.1) is 0 Å². The molecular weight excluding hydrogens is 445 g/mol. The fourth-order valence-corrected chi connectivity index (χ4v) is 3.94. The van der Waals surface area contributed by atoms with E-state index in [-0.39, 0.29) is 29.6 Å². The largest absolute Gasteiger partial charge is 0.351 e. The van der Waals surface area contributed by atoms with E-state index in [1.165, 1.54) is 17.8 Å². The van der Waals surface area contributed by atoms with Gasteiger partial charge in [-0.05, 0) is 30.7 Å². The van der Waals surface area contributed by atoms with Gasteiger partial charge in [-0.25, -0.2) is 9.37 Å². The van der Waals surface area contributed by atoms with Gasteiger partial charge in [0, 0.05) is 23.1 Å². The second-order valence-electron chi connectivity index (χ2n) is 6.17. The maximum Gasteiger partial charge on any atom is 0.262 e. The lowest BCUT2D eigenvalue weighted by molar-refractivity contribution is -0.118. The molecule has 3 aromatic rings. The van der Waals surface area contributed by atoms with E-state index in [4.69, 9.17) is 0 Å². The molecule has 1 heterocycles. The molecular formula is C20H19BrFN3O2S. The highest BCUT2D eigenvalue weighted by molar-refractivity contribution is 9.10. The molecule has 0 aliphatic rings. The summed E-state index contributed by atoms with van der Waals surface area (Å²) < 4.78 is 16.1. The molecule has 0 unspecified atom stereocenters. The van der Waals surface area contributed by atoms with E-state index in [2.05, 4.69) is 26.2 Å². The number of fused-ring (bicyclic) bond motifs is 1. The summed E-state index contributed by atoms with van der Waals surface area (Å²) in [7, 11) is 0. The third kappa shape index (κ3) is 4.80. The molecule has 0 fully saturated rings. The van der Waals surface area contributed by atoms with Crippen LogP contribution in [0.4, 0.5) is 4.39 Å². The zero-order valence-corrected chi connectivity index (χ0v) is 17.6. The Kier molecular flexibility index (Phi) is 6.85. The van der Waals surface area contributed by atoms with Crippen molar-refractivity contribution in [1.29, 1.82) is 0 Å². The minimum atomic E-state index is -0.352. The van der Waals surface area contributed by atoms with Crippen molar-refractivity contribution in [2.75, 3.05) is 5.75 Å². The Morgan fingerprint density at radius 2 is 2.07 bits per heavy atom. The van der Waals surface area contributed by atoms with E-state index >= 15 is 0 Å². The van der Waals surface area contributed by atoms with Gasteiger partial charge in [0.1, 0.15) is 5.82 Å². The lowest BCUT2D eigenvalue weighted by atomic mass is 10.2. The van der Waals surface area contributed by atoms with Crippen LogP contribution in [-0.4, -0.2) is 21.2 Å². The van der Waals surface area contributed by atoms with Crippen LogP contribution in [0.3, 0.4) is 0 Å². The Morgan fingerprint density at radius 3 is 2.82 bits per heavy atom. The van der Waals surface area contributed by atoms with E-state index in [0.717, 1.165) is 10.9 Å². The van der Waals surface area contributed by atoms with Gasteiger partial charge in [-0.2, -0.15) is 0 Å². The molecule has 1 amide bonds. The number of halogens is 2. The topological polar surface area (TPSA) is 64.0 Å². The van der Waals surface area contributed by atoms with Gasteiger partial charge < -0.3 is 5.32 Å². The normalized spacial score (nSPS) is 11.0. The quantitative estimate of drug-likeness (QED) is 0.422. The second kappa shape index (κ2) is 9.34. The first-order valence-corrected chi connectivity index (χ1v) is 10.6. The first-order chi connectivity index (χ1) is 13.5. The van der Waals surface area contributed by atoms with Crippen LogP contribution in [0.5, 0.6) is 0 Å². The zero-order valence-electron chi connectivity index (χ0n) is 15.2. The van der Waals surface area contributed by atoms with Crippen LogP contribution in [0, 0.1) is 5.82 Å². The van der Waals surface area contributed by atoms with E-state index in [1.54, 1.807) is 34.9 Å². The zero-order chi connectivity index (χ0) is 20.1. The van der Waals surface area contributed by atoms with Crippen molar-refractivity contribution in [3.8, 4) is 0 Å². The van der Waals surface area contributed by atoms with Crippen molar-refractivity contribution in [2.24, 2.45) is 0 Å². The standard InChI is InChI=1S/C20H19BrFN3O2S/c1-2-9-25-19(27)15-10-14(21)7-8-17(15)24-20(25)28-12-18(26)23-11-13-5-3-4-6-16(13)22/h3-8,10H,2,9,11-12H2,1H3,(H,23,26). The van der Waals surface area contributed by atoms with Gasteiger partial charge in [-0.1, -0.05) is 52.8 Å². The molecule has 0 aliphatic carbocycles. The van der Waals surface area contributed by atoms with Gasteiger partial charge in [0.2, 0.25) is 5.91 Å². The van der Waals surface area contributed by atoms with Crippen LogP contribution >= 0.6 is 27.7 Å². The maximum absolute atomic E-state index is 13.6. The summed E-state index contributed by atoms with van der Waals surface area (Å²) in [6.07, 6.45) is 0.772. The molecule has 0 bridgehead atoms. The van der Waals surface area contributed by atoms with Crippen LogP contribution in [-0.2, 0) is 17.9 Å². The summed E-state index contributed by atoms with van der Waals surface area (Å²) in [5.41, 5.74) is 0.899. The molecule has 8 heteroatoms. The Hall–Kier alpha value is -2.19. The smallest absolute Gasteiger partial charge is 0.262 e. The van der Waals surface area contributed by atoms with Crippen LogP contribution in [0.1, 0.15) is 18.9 Å². The van der Waals surface area contributed by atoms with Crippen LogP contribution in [0.2, 0.25) is 0 Å². The molecule has 0 saturated carbocycles. The summed E-state index contributed by atoms with van der Waals surface area (Å²) in [5.74, 6) is -0.511. The van der Waals surface area contributed by atoms with Gasteiger partial charge >= 0.3 is 0 Å². The molecule has 0 atom stereocenters. The minimum Gasteiger partial charge on any atom is -0.351 e. The minimum absolute atomic E-state index is 0.0899. The molecule has 0 saturated heterocycles. The van der Waals surface area contributed by atoms with Crippen molar-refractivity contribution in [2.45, 2.75) is 31.6 Å². The highest BCUT2D eigenvalue weighted by Crippen LogP contribution is 2.21. The lowest BCUT2D eigenvalue weighted by Crippen LogP contribution is -2.27. The number of hydrogen-bond acceptors (Lipinski definition) is 4. The molecule has 0 aliphatic heterocycles. The third-order valence-corrected chi connectivity index (χ3v) is 5.56. The molecule has 0 radical (unpaired) electrons. The Balaban J connectivity index is 1.75. The number of thioether (sulfide) groups is 1. The van der Waals surface area contributed by atoms with Gasteiger partial charge in [0.05, 0.1) is 16.7 Å². The summed E-state index contributed by atoms with van der Waals surface area (Å²) in [6.45, 7) is 2.62. The van der Waals surface area contributed by atoms with Crippen molar-refractivity contribution in [1.82, 2.24) is 14.9 Å². The SMILES string of the molecule is CCCn1c(SCC(=O)NCc2ccccc2F)nc2ccc(Br)cc2c1=O. The van der Waals surface area contributed by atoms with Crippen LogP contribution < -0.4 is 10.9 Å². The number of hydrogen-bond donors (Lipinski definition) is 1. The highest BCUT2D eigenvalue weighted by Gasteiger charge is 2.13. The Morgan fingerprint density at radius 1 is 1.29 bits per heavy atom. The number of carbonyl (C=O) groups is 1. The van der Waals surface area contributed by atoms with Gasteiger partial charge in [-0.3, -0.25) is 14.2 Å². The second-order valence-corrected chi connectivity index (χ2v) is 8.03. The van der Waals surface area contributed by atoms with E-state index < -0.39 is 0 Å². The molecule has 1 N–H and O–H groups in total. The fourth-order valence-electron chi connectivity index (χ4n) is 2.72. The van der Waals surface area contributed by atoms with E-state index in [1.807, 2.05) is 13.0 Å². The predicted molar refractivity (Wildman–Crippen MR) is 113 cm³/mol. The van der Waals surface area contributed by atoms with E-state index in [0.29, 0.717) is 28.2 Å². The average Bonchev–Trinajstić information content (AvgIpc) is 2.69. The van der Waals surface area contributed by atoms with Crippen molar-refractivity contribution in [3.63, 3.8) is 0 Å². The Bertz CT molecular complexity index is 1070. The third-order valence-electron chi connectivity index (χ3n) is 4.09. The molecule has 28 heavy (non-hydrogen) atoms. The number of benzene rings is 2. The summed E-state index contributed by atoms with van der Waals surface area (Å²) >= 11 is 4.58. The maximum atomic E-state index is 13.6. The van der Waals surface area contributed by atoms with E-state index in [9.17, 15) is 14.0 Å². The molecule has 0 spiro atoms. The average molecular weight is 464 g/mol. The number of carbonyl (C=O) groups excluding carboxylic acids is 1. The van der Waals surface area contributed by atoms with Gasteiger partial charge in [0.15, 0.2) is 5.16 Å². The summed E-state index contributed by atoms with van der Waals surface area (Å²) in [4.78, 5) is 29.6. The van der Waals surface area contributed by atoms with Crippen LogP contribution in [0.25, 0.3) is 10.9 Å².